The van der Waals surface area contributed by atoms with Crippen LogP contribution in [0.1, 0.15) is 33.2 Å². The second-order valence-corrected chi connectivity index (χ2v) is 5.09. The van der Waals surface area contributed by atoms with E-state index in [1.165, 1.54) is 43.3 Å². The van der Waals surface area contributed by atoms with Gasteiger partial charge in [-0.1, -0.05) is 12.1 Å². The average Bonchev–Trinajstić information content (AvgIpc) is 2.53. The fourth-order valence-corrected chi connectivity index (χ4v) is 2.41. The van der Waals surface area contributed by atoms with Crippen LogP contribution in [0.3, 0.4) is 0 Å². The van der Waals surface area contributed by atoms with Crippen molar-refractivity contribution in [3.63, 3.8) is 0 Å². The van der Waals surface area contributed by atoms with Gasteiger partial charge in [-0.15, -0.1) is 0 Å². The summed E-state index contributed by atoms with van der Waals surface area (Å²) in [7, 11) is 0. The highest BCUT2D eigenvalue weighted by Crippen LogP contribution is 2.25. The van der Waals surface area contributed by atoms with Gasteiger partial charge in [0, 0.05) is 22.6 Å². The predicted octanol–water partition coefficient (Wildman–Crippen LogP) is 2.93. The fraction of sp³-hybridized carbons (Fsp3) is 0.0556. The molecular weight excluding hydrogens is 296 g/mol. The molecule has 0 unspecified atom stereocenters. The SMILES string of the molecule is CC(=O)c1cc2ccc(=O)oc2cc1C(=O)c1ccccc1O. The third kappa shape index (κ3) is 2.64. The Balaban J connectivity index is 2.28. The monoisotopic (exact) mass is 308 g/mol. The van der Waals surface area contributed by atoms with Crippen molar-refractivity contribution in [3.8, 4) is 5.75 Å². The number of phenolic OH excluding ortho intramolecular Hbond substituents is 1. The van der Waals surface area contributed by atoms with E-state index < -0.39 is 11.4 Å². The zero-order valence-electron chi connectivity index (χ0n) is 12.2. The highest BCUT2D eigenvalue weighted by molar-refractivity contribution is 6.18. The van der Waals surface area contributed by atoms with Crippen molar-refractivity contribution in [1.82, 2.24) is 0 Å². The molecule has 114 valence electrons. The Labute approximate surface area is 130 Å². The van der Waals surface area contributed by atoms with Crippen LogP contribution >= 0.6 is 0 Å². The van der Waals surface area contributed by atoms with E-state index in [4.69, 9.17) is 4.42 Å². The van der Waals surface area contributed by atoms with E-state index >= 15 is 0 Å². The number of rotatable bonds is 3. The Morgan fingerprint density at radius 3 is 2.39 bits per heavy atom. The number of para-hydroxylation sites is 1. The third-order valence-corrected chi connectivity index (χ3v) is 3.53. The van der Waals surface area contributed by atoms with Crippen LogP contribution in [0.5, 0.6) is 5.75 Å². The van der Waals surface area contributed by atoms with E-state index in [2.05, 4.69) is 0 Å². The molecule has 23 heavy (non-hydrogen) atoms. The van der Waals surface area contributed by atoms with Gasteiger partial charge in [0.15, 0.2) is 11.6 Å². The smallest absolute Gasteiger partial charge is 0.336 e. The number of hydrogen-bond donors (Lipinski definition) is 1. The van der Waals surface area contributed by atoms with Gasteiger partial charge in [-0.05, 0) is 37.3 Å². The van der Waals surface area contributed by atoms with Gasteiger partial charge >= 0.3 is 5.63 Å². The molecule has 0 aliphatic rings. The maximum absolute atomic E-state index is 12.7. The first-order chi connectivity index (χ1) is 11.0. The third-order valence-electron chi connectivity index (χ3n) is 3.53. The molecule has 3 rings (SSSR count). The van der Waals surface area contributed by atoms with Crippen molar-refractivity contribution in [2.24, 2.45) is 0 Å². The number of phenols is 1. The lowest BCUT2D eigenvalue weighted by molar-refractivity contribution is 0.0989. The molecule has 2 aromatic carbocycles. The molecule has 0 bridgehead atoms. The average molecular weight is 308 g/mol. The Morgan fingerprint density at radius 2 is 1.70 bits per heavy atom. The highest BCUT2D eigenvalue weighted by Gasteiger charge is 2.20. The summed E-state index contributed by atoms with van der Waals surface area (Å²) in [6, 6.07) is 11.7. The summed E-state index contributed by atoms with van der Waals surface area (Å²) in [4.78, 5) is 35.9. The first kappa shape index (κ1) is 14.7. The largest absolute Gasteiger partial charge is 0.507 e. The first-order valence-corrected chi connectivity index (χ1v) is 6.89. The van der Waals surface area contributed by atoms with Gasteiger partial charge in [0.05, 0.1) is 5.56 Å². The quantitative estimate of drug-likeness (QED) is 0.594. The summed E-state index contributed by atoms with van der Waals surface area (Å²) in [5.74, 6) is -0.986. The summed E-state index contributed by atoms with van der Waals surface area (Å²) < 4.78 is 5.07. The molecule has 0 atom stereocenters. The Bertz CT molecular complexity index is 998. The van der Waals surface area contributed by atoms with Crippen LogP contribution in [0, 0.1) is 0 Å². The Hall–Kier alpha value is -3.21. The molecule has 0 amide bonds. The lowest BCUT2D eigenvalue weighted by atomic mass is 9.94. The van der Waals surface area contributed by atoms with Gasteiger partial charge in [0.25, 0.3) is 0 Å². The van der Waals surface area contributed by atoms with Crippen LogP contribution < -0.4 is 5.63 Å². The summed E-state index contributed by atoms with van der Waals surface area (Å²) in [6.45, 7) is 1.35. The molecular formula is C18H12O5. The Morgan fingerprint density at radius 1 is 0.957 bits per heavy atom. The van der Waals surface area contributed by atoms with Crippen LogP contribution in [-0.2, 0) is 0 Å². The molecule has 5 heteroatoms. The number of aromatic hydroxyl groups is 1. The van der Waals surface area contributed by atoms with Crippen molar-refractivity contribution in [2.45, 2.75) is 6.92 Å². The van der Waals surface area contributed by atoms with Gasteiger partial charge in [0.1, 0.15) is 11.3 Å². The molecule has 0 saturated carbocycles. The van der Waals surface area contributed by atoms with E-state index in [1.807, 2.05) is 0 Å². The molecule has 1 aromatic heterocycles. The van der Waals surface area contributed by atoms with Crippen LogP contribution in [0.15, 0.2) is 57.7 Å². The Kier molecular flexibility index (Phi) is 3.54. The lowest BCUT2D eigenvalue weighted by Gasteiger charge is -2.09. The van der Waals surface area contributed by atoms with Gasteiger partial charge in [0.2, 0.25) is 0 Å². The van der Waals surface area contributed by atoms with E-state index in [1.54, 1.807) is 12.1 Å². The summed E-state index contributed by atoms with van der Waals surface area (Å²) in [5, 5.41) is 10.4. The maximum atomic E-state index is 12.7. The number of Topliss-reactive ketones (excluding diaryl/α,β-unsaturated/α-hetero) is 1. The minimum Gasteiger partial charge on any atom is -0.507 e. The van der Waals surface area contributed by atoms with Gasteiger partial charge < -0.3 is 9.52 Å². The minimum absolute atomic E-state index is 0.0765. The van der Waals surface area contributed by atoms with Crippen molar-refractivity contribution in [3.05, 3.63) is 75.6 Å². The topological polar surface area (TPSA) is 84.6 Å². The van der Waals surface area contributed by atoms with Gasteiger partial charge in [-0.2, -0.15) is 0 Å². The number of hydrogen-bond acceptors (Lipinski definition) is 5. The molecule has 0 spiro atoms. The molecule has 0 aliphatic heterocycles. The highest BCUT2D eigenvalue weighted by atomic mass is 16.4. The van der Waals surface area contributed by atoms with Crippen LogP contribution in [0.25, 0.3) is 11.0 Å². The van der Waals surface area contributed by atoms with E-state index in [9.17, 15) is 19.5 Å². The molecule has 0 radical (unpaired) electrons. The van der Waals surface area contributed by atoms with E-state index in [-0.39, 0.29) is 33.8 Å². The molecule has 3 aromatic rings. The molecule has 1 heterocycles. The minimum atomic E-state index is -0.547. The van der Waals surface area contributed by atoms with E-state index in [0.29, 0.717) is 5.39 Å². The lowest BCUT2D eigenvalue weighted by Crippen LogP contribution is -2.09. The normalized spacial score (nSPS) is 10.7. The number of benzene rings is 2. The zero-order valence-corrected chi connectivity index (χ0v) is 12.2. The molecule has 0 aliphatic carbocycles. The zero-order chi connectivity index (χ0) is 16.6. The van der Waals surface area contributed by atoms with E-state index in [0.717, 1.165) is 0 Å². The number of carbonyl (C=O) groups is 2. The maximum Gasteiger partial charge on any atom is 0.336 e. The molecule has 0 fully saturated rings. The van der Waals surface area contributed by atoms with Crippen molar-refractivity contribution >= 4 is 22.5 Å². The number of carbonyl (C=O) groups excluding carboxylic acids is 2. The molecule has 0 saturated heterocycles. The first-order valence-electron chi connectivity index (χ1n) is 6.89. The van der Waals surface area contributed by atoms with Gasteiger partial charge in [-0.3, -0.25) is 9.59 Å². The van der Waals surface area contributed by atoms with Crippen LogP contribution in [0.2, 0.25) is 0 Å². The second-order valence-electron chi connectivity index (χ2n) is 5.09. The standard InChI is InChI=1S/C18H12O5/c1-10(19)13-8-11-6-7-17(21)23-16(11)9-14(13)18(22)12-4-2-3-5-15(12)20/h2-9,20H,1H3. The summed E-state index contributed by atoms with van der Waals surface area (Å²) >= 11 is 0. The van der Waals surface area contributed by atoms with Gasteiger partial charge in [-0.25, -0.2) is 4.79 Å². The fourth-order valence-electron chi connectivity index (χ4n) is 2.41. The molecule has 5 nitrogen and oxygen atoms in total. The predicted molar refractivity (Wildman–Crippen MR) is 84.0 cm³/mol. The van der Waals surface area contributed by atoms with Crippen molar-refractivity contribution < 1.29 is 19.1 Å². The molecule has 1 N–H and O–H groups in total. The summed E-state index contributed by atoms with van der Waals surface area (Å²) in [6.07, 6.45) is 0. The van der Waals surface area contributed by atoms with Crippen molar-refractivity contribution in [1.29, 1.82) is 0 Å². The van der Waals surface area contributed by atoms with Crippen molar-refractivity contribution in [2.75, 3.05) is 0 Å². The summed E-state index contributed by atoms with van der Waals surface area (Å²) in [5.41, 5.74) is 0.0309. The number of fused-ring (bicyclic) bond motifs is 1. The van der Waals surface area contributed by atoms with Crippen LogP contribution in [-0.4, -0.2) is 16.7 Å². The number of ketones is 2. The second kappa shape index (κ2) is 5.53. The van der Waals surface area contributed by atoms with Crippen LogP contribution in [0.4, 0.5) is 0 Å².